The minimum atomic E-state index is -3.88. The summed E-state index contributed by atoms with van der Waals surface area (Å²) in [6.07, 6.45) is 21.9. The van der Waals surface area contributed by atoms with Gasteiger partial charge < -0.3 is 0 Å². The van der Waals surface area contributed by atoms with Gasteiger partial charge >= 0.3 is 320 Å². The maximum absolute atomic E-state index is 3.88. The molecule has 4 aromatic rings. The van der Waals surface area contributed by atoms with Crippen LogP contribution in [-0.4, -0.2) is 6.88 Å². The monoisotopic (exact) mass is 852 g/mol. The number of hydrogen-bond acceptors (Lipinski definition) is 0. The van der Waals surface area contributed by atoms with Crippen LogP contribution in [0.25, 0.3) is 34.4 Å². The maximum Gasteiger partial charge on any atom is -0.147 e. The summed E-state index contributed by atoms with van der Waals surface area (Å²) in [5.41, 5.74) is 19.1. The molecular formula is C50H64Cl2SiZr. The number of aryl methyl sites for hydroxylation is 2. The first-order valence-corrected chi connectivity index (χ1v) is 34.5. The van der Waals surface area contributed by atoms with Gasteiger partial charge in [-0.05, 0) is 0 Å². The van der Waals surface area contributed by atoms with Gasteiger partial charge in [-0.25, -0.2) is 0 Å². The second-order valence-corrected chi connectivity index (χ2v) is 49.5. The Labute approximate surface area is 342 Å². The van der Waals surface area contributed by atoms with E-state index in [-0.39, 0.29) is 24.8 Å². The van der Waals surface area contributed by atoms with E-state index in [0.717, 1.165) is 0 Å². The molecule has 0 aromatic heterocycles. The molecule has 2 unspecified atom stereocenters. The summed E-state index contributed by atoms with van der Waals surface area (Å²) >= 11 is -3.88. The number of allylic oxidation sites excluding steroid dienone is 2. The van der Waals surface area contributed by atoms with Crippen LogP contribution in [0.1, 0.15) is 132 Å². The molecule has 2 saturated carbocycles. The van der Waals surface area contributed by atoms with Crippen molar-refractivity contribution in [3.05, 3.63) is 129 Å². The minimum Gasteiger partial charge on any atom is -0.147 e. The molecule has 0 saturated heterocycles. The van der Waals surface area contributed by atoms with Crippen molar-refractivity contribution in [1.29, 1.82) is 0 Å². The van der Waals surface area contributed by atoms with Gasteiger partial charge in [0, 0.05) is 0 Å². The second-order valence-electron chi connectivity index (χ2n) is 19.1. The normalized spacial score (nSPS) is 21.1. The number of benzene rings is 4. The van der Waals surface area contributed by atoms with Crippen LogP contribution in [0.15, 0.2) is 96.1 Å². The number of halogens is 2. The summed E-state index contributed by atoms with van der Waals surface area (Å²) in [6, 6.07) is 33.4. The van der Waals surface area contributed by atoms with Crippen LogP contribution in [0, 0.1) is 24.7 Å². The number of rotatable bonds is 10. The van der Waals surface area contributed by atoms with Gasteiger partial charge in [-0.2, -0.15) is 0 Å². The maximum atomic E-state index is 2.90. The topological polar surface area (TPSA) is 0 Å². The van der Waals surface area contributed by atoms with E-state index >= 15 is 0 Å². The third-order valence-electron chi connectivity index (χ3n) is 14.9. The van der Waals surface area contributed by atoms with Crippen molar-refractivity contribution >= 4 is 43.8 Å². The Kier molecular flexibility index (Phi) is 12.2. The molecule has 0 radical (unpaired) electrons. The zero-order valence-corrected chi connectivity index (χ0v) is 39.4. The van der Waals surface area contributed by atoms with Crippen LogP contribution < -0.4 is 0 Å². The fourth-order valence-electron chi connectivity index (χ4n) is 12.0. The Balaban J connectivity index is 0.00000249. The summed E-state index contributed by atoms with van der Waals surface area (Å²) in [7, 11) is 0. The zero-order chi connectivity index (χ0) is 36.3. The van der Waals surface area contributed by atoms with Crippen LogP contribution in [0.3, 0.4) is 0 Å². The minimum absolute atomic E-state index is 0. The molecule has 54 heavy (non-hydrogen) atoms. The molecule has 0 spiro atoms. The van der Waals surface area contributed by atoms with Crippen molar-refractivity contribution in [1.82, 2.24) is 0 Å². The molecule has 0 nitrogen and oxygen atoms in total. The fourth-order valence-corrected chi connectivity index (χ4v) is 31.7. The molecule has 0 bridgehead atoms. The third-order valence-corrected chi connectivity index (χ3v) is 32.4. The molecule has 0 N–H and O–H groups in total. The molecule has 4 heteroatoms. The van der Waals surface area contributed by atoms with Crippen LogP contribution in [-0.2, 0) is 17.4 Å². The summed E-state index contributed by atoms with van der Waals surface area (Å²) in [5, 5.41) is 0. The van der Waals surface area contributed by atoms with Crippen LogP contribution in [0.5, 0.6) is 0 Å². The zero-order valence-electron chi connectivity index (χ0n) is 33.9. The molecule has 8 rings (SSSR count). The summed E-state index contributed by atoms with van der Waals surface area (Å²) < 4.78 is 6.90. The van der Waals surface area contributed by atoms with Crippen LogP contribution >= 0.6 is 24.8 Å². The van der Waals surface area contributed by atoms with Gasteiger partial charge in [-0.3, -0.25) is 0 Å². The van der Waals surface area contributed by atoms with Gasteiger partial charge in [0.2, 0.25) is 0 Å². The number of fused-ring (bicyclic) bond motifs is 2. The van der Waals surface area contributed by atoms with E-state index in [1.807, 2.05) is 0 Å². The Hall–Kier alpha value is -1.96. The third kappa shape index (κ3) is 7.34. The van der Waals surface area contributed by atoms with E-state index in [1.165, 1.54) is 122 Å². The quantitative estimate of drug-likeness (QED) is 0.139. The molecule has 0 heterocycles. The predicted octanol–water partition coefficient (Wildman–Crippen LogP) is 15.1. The molecule has 0 aliphatic heterocycles. The van der Waals surface area contributed by atoms with Crippen LogP contribution in [0.4, 0.5) is 0 Å². The number of hydrogen-bond donors (Lipinski definition) is 0. The second kappa shape index (κ2) is 15.8. The predicted molar refractivity (Wildman–Crippen MR) is 241 cm³/mol. The van der Waals surface area contributed by atoms with Gasteiger partial charge in [-0.15, -0.1) is 24.8 Å². The smallest absolute Gasteiger partial charge is 0.147 e. The van der Waals surface area contributed by atoms with E-state index in [1.54, 1.807) is 22.3 Å². The largest absolute Gasteiger partial charge is 0.147 e. The Morgan fingerprint density at radius 3 is 1.24 bits per heavy atom. The first-order chi connectivity index (χ1) is 24.9. The molecule has 2 atom stereocenters. The van der Waals surface area contributed by atoms with Gasteiger partial charge in [0.05, 0.1) is 0 Å². The average molecular weight is 855 g/mol. The molecule has 4 aliphatic rings. The van der Waals surface area contributed by atoms with E-state index < -0.39 is 17.4 Å². The molecule has 286 valence electrons. The van der Waals surface area contributed by atoms with Crippen molar-refractivity contribution in [3.63, 3.8) is 0 Å². The van der Waals surface area contributed by atoms with Crippen LogP contribution in [0.2, 0.25) is 9.26 Å². The Bertz CT molecular complexity index is 1970. The van der Waals surface area contributed by atoms with E-state index in [4.69, 9.17) is 0 Å². The van der Waals surface area contributed by atoms with E-state index in [0.29, 0.717) is 18.1 Å². The average Bonchev–Trinajstić information content (AvgIpc) is 3.94. The van der Waals surface area contributed by atoms with Crippen molar-refractivity contribution in [2.24, 2.45) is 10.8 Å². The fraction of sp³-hybridized carbons (Fsp3) is 0.440. The first kappa shape index (κ1) is 41.7. The molecule has 4 aliphatic carbocycles. The Morgan fingerprint density at radius 1 is 0.556 bits per heavy atom. The van der Waals surface area contributed by atoms with Gasteiger partial charge in [0.25, 0.3) is 0 Å². The standard InChI is InChI=1S/2C24H27.2CH3.2ClH.H2Si.Zr/c2*1-3-24(13-4-5-14-24)17-19-15-21-7-6-8-22(23(21)16-19)20-11-9-18(2)10-12-20;;;;;;/h2*6-12,15-16H,3-5,13-14,17H2,1-2H3;2*1H3;2*1H;1H2;. The molecular weight excluding hydrogens is 791 g/mol. The molecule has 2 fully saturated rings. The molecule has 4 aromatic carbocycles. The first-order valence-electron chi connectivity index (χ1n) is 20.8. The Morgan fingerprint density at radius 2 is 0.907 bits per heavy atom. The van der Waals surface area contributed by atoms with E-state index in [2.05, 4.69) is 141 Å². The molecule has 0 amide bonds. The summed E-state index contributed by atoms with van der Waals surface area (Å²) in [5.74, 6) is 0. The van der Waals surface area contributed by atoms with Crippen molar-refractivity contribution < 1.29 is 17.4 Å². The summed E-state index contributed by atoms with van der Waals surface area (Å²) in [4.78, 5) is 0. The summed E-state index contributed by atoms with van der Waals surface area (Å²) in [6.45, 7) is 12.0. The van der Waals surface area contributed by atoms with Gasteiger partial charge in [0.1, 0.15) is 0 Å². The van der Waals surface area contributed by atoms with Gasteiger partial charge in [0.15, 0.2) is 0 Å². The van der Waals surface area contributed by atoms with Gasteiger partial charge in [-0.1, -0.05) is 0 Å². The van der Waals surface area contributed by atoms with Crippen molar-refractivity contribution in [3.8, 4) is 22.3 Å². The SMILES string of the molecule is CCC1(CC2=Cc3c(-c4ccc(C)cc4)cccc3[CH]2[Zr]([CH3])([CH3])(=[SiH2])[CH]2C(CC3(CC)CCCC3)=Cc3c(-c4ccc(C)cc4)cccc32)CCCC1.Cl.Cl. The van der Waals surface area contributed by atoms with Crippen molar-refractivity contribution in [2.45, 2.75) is 121 Å². The van der Waals surface area contributed by atoms with Crippen molar-refractivity contribution in [2.75, 3.05) is 0 Å². The van der Waals surface area contributed by atoms with E-state index in [9.17, 15) is 0 Å².